The van der Waals surface area contributed by atoms with E-state index in [0.717, 1.165) is 5.56 Å². The Morgan fingerprint density at radius 1 is 1.25 bits per heavy atom. The van der Waals surface area contributed by atoms with Crippen LogP contribution in [-0.2, 0) is 0 Å². The van der Waals surface area contributed by atoms with Crippen molar-refractivity contribution in [3.63, 3.8) is 0 Å². The van der Waals surface area contributed by atoms with Crippen LogP contribution in [0.15, 0.2) is 30.3 Å². The average molecular weight is 299 g/mol. The van der Waals surface area contributed by atoms with Crippen LogP contribution in [0.2, 0.25) is 0 Å². The first-order chi connectivity index (χ1) is 7.48. The Bertz CT molecular complexity index is 357. The Labute approximate surface area is 113 Å². The van der Waals surface area contributed by atoms with Crippen molar-refractivity contribution in [3.05, 3.63) is 35.9 Å². The first kappa shape index (κ1) is 12.8. The molecule has 0 saturated carbocycles. The summed E-state index contributed by atoms with van der Waals surface area (Å²) in [5, 5.41) is 9.52. The van der Waals surface area contributed by atoms with Gasteiger partial charge in [0.05, 0.1) is 5.37 Å². The molecule has 2 atom stereocenters. The number of hydrogen-bond acceptors (Lipinski definition) is 3. The van der Waals surface area contributed by atoms with Crippen molar-refractivity contribution in [2.75, 3.05) is 6.54 Å². The molecule has 6 heteroatoms. The molecule has 2 rings (SSSR count). The molecule has 1 aliphatic rings. The van der Waals surface area contributed by atoms with Crippen molar-refractivity contribution < 1.29 is 5.11 Å². The predicted molar refractivity (Wildman–Crippen MR) is 69.8 cm³/mol. The van der Waals surface area contributed by atoms with E-state index >= 15 is 0 Å². The predicted octanol–water partition coefficient (Wildman–Crippen LogP) is 3.38. The second-order valence-corrected chi connectivity index (χ2v) is 6.96. The van der Waals surface area contributed by atoms with Gasteiger partial charge in [-0.2, -0.15) is 0 Å². The van der Waals surface area contributed by atoms with Crippen LogP contribution >= 0.6 is 46.6 Å². The Hall–Kier alpha value is 0.360. The zero-order chi connectivity index (χ0) is 11.8. The number of β-amino-alcohol motifs (C(OH)–C–C–N with tert-alkyl or cyclic N) is 1. The van der Waals surface area contributed by atoms with Crippen LogP contribution in [0, 0.1) is 0 Å². The highest BCUT2D eigenvalue weighted by Gasteiger charge is 2.43. The van der Waals surface area contributed by atoms with Crippen LogP contribution in [0.3, 0.4) is 0 Å². The molecule has 1 fully saturated rings. The van der Waals surface area contributed by atoms with Gasteiger partial charge in [0, 0.05) is 6.54 Å². The summed E-state index contributed by atoms with van der Waals surface area (Å²) in [6.45, 7) is 0.348. The van der Waals surface area contributed by atoms with E-state index in [4.69, 9.17) is 34.8 Å². The summed E-state index contributed by atoms with van der Waals surface area (Å²) in [5.74, 6) is 0. The molecule has 2 nitrogen and oxygen atoms in total. The second-order valence-electron chi connectivity index (χ2n) is 3.47. The van der Waals surface area contributed by atoms with Crippen LogP contribution in [0.5, 0.6) is 0 Å². The van der Waals surface area contributed by atoms with E-state index in [-0.39, 0.29) is 5.37 Å². The molecule has 88 valence electrons. The lowest BCUT2D eigenvalue weighted by atomic mass is 10.2. The van der Waals surface area contributed by atoms with Crippen molar-refractivity contribution in [1.29, 1.82) is 0 Å². The molecule has 2 unspecified atom stereocenters. The Morgan fingerprint density at radius 3 is 2.44 bits per heavy atom. The fourth-order valence-electron chi connectivity index (χ4n) is 1.64. The SMILES string of the molecule is OC1CN(C(Cl)(Cl)Cl)C(c2ccccc2)S1. The molecule has 0 aliphatic carbocycles. The highest BCUT2D eigenvalue weighted by Crippen LogP contribution is 2.48. The number of hydrogen-bond donors (Lipinski definition) is 1. The zero-order valence-corrected chi connectivity index (χ0v) is 11.3. The van der Waals surface area contributed by atoms with Gasteiger partial charge >= 0.3 is 0 Å². The fourth-order valence-corrected chi connectivity index (χ4v) is 3.56. The average Bonchev–Trinajstić information content (AvgIpc) is 2.61. The van der Waals surface area contributed by atoms with Gasteiger partial charge in [0.1, 0.15) is 5.44 Å². The maximum absolute atomic E-state index is 9.64. The van der Waals surface area contributed by atoms with E-state index in [1.54, 1.807) is 4.90 Å². The quantitative estimate of drug-likeness (QED) is 0.635. The van der Waals surface area contributed by atoms with E-state index in [1.807, 2.05) is 30.3 Å². The molecule has 1 N–H and O–H groups in total. The molecule has 1 heterocycles. The summed E-state index contributed by atoms with van der Waals surface area (Å²) in [6.07, 6.45) is 0. The number of rotatable bonds is 1. The highest BCUT2D eigenvalue weighted by atomic mass is 35.6. The second kappa shape index (κ2) is 4.92. The van der Waals surface area contributed by atoms with Crippen molar-refractivity contribution in [2.24, 2.45) is 0 Å². The summed E-state index contributed by atoms with van der Waals surface area (Å²) in [6, 6.07) is 9.70. The van der Waals surface area contributed by atoms with Gasteiger partial charge in [0.2, 0.25) is 3.92 Å². The molecule has 1 saturated heterocycles. The summed E-state index contributed by atoms with van der Waals surface area (Å²) >= 11 is 19.0. The lowest BCUT2D eigenvalue weighted by molar-refractivity contribution is 0.191. The largest absolute Gasteiger partial charge is 0.381 e. The minimum absolute atomic E-state index is 0.122. The molecule has 0 aromatic heterocycles. The van der Waals surface area contributed by atoms with Crippen molar-refractivity contribution >= 4 is 46.6 Å². The monoisotopic (exact) mass is 297 g/mol. The van der Waals surface area contributed by atoms with Gasteiger partial charge < -0.3 is 5.11 Å². The van der Waals surface area contributed by atoms with Crippen molar-refractivity contribution in [2.45, 2.75) is 14.7 Å². The number of thioether (sulfide) groups is 1. The van der Waals surface area contributed by atoms with Crippen LogP contribution in [0.4, 0.5) is 0 Å². The topological polar surface area (TPSA) is 23.5 Å². The minimum atomic E-state index is -1.50. The van der Waals surface area contributed by atoms with Gasteiger partial charge in [0.15, 0.2) is 0 Å². The molecule has 1 aliphatic heterocycles. The van der Waals surface area contributed by atoms with E-state index in [0.29, 0.717) is 6.54 Å². The molecule has 1 aromatic rings. The third kappa shape index (κ3) is 2.78. The summed E-state index contributed by atoms with van der Waals surface area (Å²) < 4.78 is -1.50. The first-order valence-corrected chi connectivity index (χ1v) is 6.78. The lowest BCUT2D eigenvalue weighted by Gasteiger charge is -2.29. The van der Waals surface area contributed by atoms with E-state index in [1.165, 1.54) is 11.8 Å². The Morgan fingerprint density at radius 2 is 1.88 bits per heavy atom. The molecule has 0 spiro atoms. The van der Waals surface area contributed by atoms with Crippen LogP contribution in [-0.4, -0.2) is 25.9 Å². The standard InChI is InChI=1S/C10H10Cl3NOS/c11-10(12,13)14-6-8(15)16-9(14)7-4-2-1-3-5-7/h1-5,8-9,15H,6H2. The smallest absolute Gasteiger partial charge is 0.249 e. The Balaban J connectivity index is 2.26. The summed E-state index contributed by atoms with van der Waals surface area (Å²) in [7, 11) is 0. The summed E-state index contributed by atoms with van der Waals surface area (Å²) in [5.41, 5.74) is 0.496. The minimum Gasteiger partial charge on any atom is -0.381 e. The maximum Gasteiger partial charge on any atom is 0.249 e. The highest BCUT2D eigenvalue weighted by molar-refractivity contribution is 8.00. The molecule has 0 bridgehead atoms. The van der Waals surface area contributed by atoms with E-state index < -0.39 is 9.35 Å². The third-order valence-corrected chi connectivity index (χ3v) is 4.23. The van der Waals surface area contributed by atoms with Gasteiger partial charge in [-0.25, -0.2) is 4.90 Å². The number of benzene rings is 1. The van der Waals surface area contributed by atoms with Gasteiger partial charge in [-0.15, -0.1) is 11.8 Å². The molecule has 0 amide bonds. The van der Waals surface area contributed by atoms with Crippen molar-refractivity contribution in [3.8, 4) is 0 Å². The number of alkyl halides is 3. The van der Waals surface area contributed by atoms with Crippen LogP contribution in [0.25, 0.3) is 0 Å². The van der Waals surface area contributed by atoms with E-state index in [9.17, 15) is 5.11 Å². The van der Waals surface area contributed by atoms with Gasteiger partial charge in [-0.1, -0.05) is 65.1 Å². The maximum atomic E-state index is 9.64. The molecule has 1 aromatic carbocycles. The summed E-state index contributed by atoms with van der Waals surface area (Å²) in [4.78, 5) is 1.66. The van der Waals surface area contributed by atoms with E-state index in [2.05, 4.69) is 0 Å². The number of nitrogens with zero attached hydrogens (tertiary/aromatic N) is 1. The molecular formula is C10H10Cl3NOS. The van der Waals surface area contributed by atoms with Crippen molar-refractivity contribution in [1.82, 2.24) is 4.90 Å². The van der Waals surface area contributed by atoms with Crippen LogP contribution < -0.4 is 0 Å². The Kier molecular flexibility index (Phi) is 3.94. The van der Waals surface area contributed by atoms with Gasteiger partial charge in [-0.3, -0.25) is 0 Å². The first-order valence-electron chi connectivity index (χ1n) is 4.70. The number of aliphatic hydroxyl groups excluding tert-OH is 1. The normalized spacial score (nSPS) is 27.2. The van der Waals surface area contributed by atoms with Gasteiger partial charge in [-0.05, 0) is 5.56 Å². The molecule has 0 radical (unpaired) electrons. The number of halogens is 3. The molecule has 16 heavy (non-hydrogen) atoms. The lowest BCUT2D eigenvalue weighted by Crippen LogP contribution is -2.35. The van der Waals surface area contributed by atoms with Crippen LogP contribution in [0.1, 0.15) is 10.9 Å². The zero-order valence-electron chi connectivity index (χ0n) is 8.19. The fraction of sp³-hybridized carbons (Fsp3) is 0.400. The van der Waals surface area contributed by atoms with Gasteiger partial charge in [0.25, 0.3) is 0 Å². The third-order valence-electron chi connectivity index (χ3n) is 2.33. The molecular weight excluding hydrogens is 289 g/mol. The number of aliphatic hydroxyl groups is 1.